The zero-order valence-electron chi connectivity index (χ0n) is 16.0. The molecule has 0 aliphatic heterocycles. The summed E-state index contributed by atoms with van der Waals surface area (Å²) in [5.74, 6) is -0.988. The highest BCUT2D eigenvalue weighted by molar-refractivity contribution is 14.1. The van der Waals surface area contributed by atoms with E-state index in [1.807, 2.05) is 12.1 Å². The third-order valence-electron chi connectivity index (χ3n) is 4.52. The molecule has 0 atom stereocenters. The van der Waals surface area contributed by atoms with Gasteiger partial charge in [-0.15, -0.1) is 0 Å². The highest BCUT2D eigenvalue weighted by atomic mass is 127. The molecular formula is C22H17I3O5. The molecular weight excluding hydrogens is 725 g/mol. The van der Waals surface area contributed by atoms with Crippen LogP contribution in [-0.2, 0) is 15.3 Å². The lowest BCUT2D eigenvalue weighted by Crippen LogP contribution is -2.32. The third-order valence-corrected chi connectivity index (χ3v) is 8.47. The van der Waals surface area contributed by atoms with Gasteiger partial charge in [0.2, 0.25) is 5.79 Å². The molecule has 0 aliphatic rings. The first kappa shape index (κ1) is 23.7. The summed E-state index contributed by atoms with van der Waals surface area (Å²) < 4.78 is 19.7. The van der Waals surface area contributed by atoms with Crippen LogP contribution in [0.5, 0.6) is 11.5 Å². The van der Waals surface area contributed by atoms with Crippen LogP contribution in [0.4, 0.5) is 0 Å². The van der Waals surface area contributed by atoms with E-state index in [2.05, 4.69) is 67.8 Å². The molecule has 0 saturated carbocycles. The van der Waals surface area contributed by atoms with Crippen LogP contribution in [0.1, 0.15) is 21.5 Å². The Balaban J connectivity index is 1.89. The summed E-state index contributed by atoms with van der Waals surface area (Å²) in [5, 5.41) is 9.58. The minimum atomic E-state index is -1.16. The largest absolute Gasteiger partial charge is 0.508 e. The van der Waals surface area contributed by atoms with Crippen LogP contribution in [0.3, 0.4) is 0 Å². The highest BCUT2D eigenvalue weighted by Gasteiger charge is 2.34. The van der Waals surface area contributed by atoms with Gasteiger partial charge in [-0.1, -0.05) is 0 Å². The number of methoxy groups -OCH3 is 2. The number of carbonyl (C=O) groups excluding carboxylic acids is 1. The molecule has 30 heavy (non-hydrogen) atoms. The van der Waals surface area contributed by atoms with Gasteiger partial charge in [-0.2, -0.15) is 0 Å². The fraction of sp³-hybridized carbons (Fsp3) is 0.136. The summed E-state index contributed by atoms with van der Waals surface area (Å²) in [7, 11) is 3.09. The average Bonchev–Trinajstić information content (AvgIpc) is 2.74. The van der Waals surface area contributed by atoms with Crippen LogP contribution in [0, 0.1) is 10.7 Å². The number of benzene rings is 3. The smallest absolute Gasteiger partial charge is 0.345 e. The molecule has 3 aromatic rings. The molecule has 0 aliphatic carbocycles. The van der Waals surface area contributed by atoms with E-state index in [0.717, 1.165) is 21.8 Å². The van der Waals surface area contributed by atoms with Gasteiger partial charge in [-0.25, -0.2) is 4.79 Å². The lowest BCUT2D eigenvalue weighted by atomic mass is 9.96. The minimum Gasteiger partial charge on any atom is -0.508 e. The molecule has 3 rings (SSSR count). The predicted octanol–water partition coefficient (Wildman–Crippen LogP) is 5.92. The number of aromatic hydroxyl groups is 1. The van der Waals surface area contributed by atoms with Crippen molar-refractivity contribution in [1.29, 1.82) is 0 Å². The Kier molecular flexibility index (Phi) is 7.98. The molecule has 0 fully saturated rings. The zero-order valence-corrected chi connectivity index (χ0v) is 22.5. The topological polar surface area (TPSA) is 65.0 Å². The Morgan fingerprint density at radius 1 is 0.800 bits per heavy atom. The predicted molar refractivity (Wildman–Crippen MR) is 139 cm³/mol. The van der Waals surface area contributed by atoms with Gasteiger partial charge in [0, 0.05) is 36.1 Å². The molecule has 1 N–H and O–H groups in total. The van der Waals surface area contributed by atoms with Crippen LogP contribution >= 0.6 is 67.8 Å². The normalized spacial score (nSPS) is 11.4. The van der Waals surface area contributed by atoms with Gasteiger partial charge in [0.1, 0.15) is 11.5 Å². The highest BCUT2D eigenvalue weighted by Crippen LogP contribution is 2.35. The first-order valence-corrected chi connectivity index (χ1v) is 11.9. The van der Waals surface area contributed by atoms with E-state index in [1.54, 1.807) is 62.8 Å². The number of hydrogen-bond donors (Lipinski definition) is 1. The molecule has 3 aromatic carbocycles. The van der Waals surface area contributed by atoms with Crippen molar-refractivity contribution in [3.8, 4) is 11.5 Å². The maximum Gasteiger partial charge on any atom is 0.345 e. The lowest BCUT2D eigenvalue weighted by molar-refractivity contribution is -0.183. The van der Waals surface area contributed by atoms with Gasteiger partial charge in [-0.05, 0) is 128 Å². The van der Waals surface area contributed by atoms with Crippen molar-refractivity contribution in [1.82, 2.24) is 0 Å². The molecule has 0 bridgehead atoms. The Bertz CT molecular complexity index is 1050. The summed E-state index contributed by atoms with van der Waals surface area (Å²) in [4.78, 5) is 12.7. The maximum atomic E-state index is 12.7. The van der Waals surface area contributed by atoms with Crippen LogP contribution in [0.2, 0.25) is 0 Å². The minimum absolute atomic E-state index is 0.155. The number of phenols is 1. The van der Waals surface area contributed by atoms with Crippen molar-refractivity contribution in [2.24, 2.45) is 0 Å². The summed E-state index contributed by atoms with van der Waals surface area (Å²) in [6, 6.07) is 17.4. The van der Waals surface area contributed by atoms with Crippen molar-refractivity contribution < 1.29 is 24.1 Å². The SMILES string of the molecule is COC(OC)(c1ccc(O)cc1)c1ccc(OC(=O)c2c(I)ccc(I)c2I)cc1. The Hall–Kier alpha value is -0.960. The van der Waals surface area contributed by atoms with E-state index in [-0.39, 0.29) is 5.75 Å². The van der Waals surface area contributed by atoms with E-state index in [4.69, 9.17) is 14.2 Å². The second kappa shape index (κ2) is 10.1. The molecule has 0 saturated heterocycles. The fourth-order valence-corrected chi connectivity index (χ4v) is 5.34. The van der Waals surface area contributed by atoms with E-state index in [1.165, 1.54) is 0 Å². The molecule has 0 heterocycles. The Labute approximate surface area is 215 Å². The molecule has 0 spiro atoms. The van der Waals surface area contributed by atoms with E-state index in [0.29, 0.717) is 11.3 Å². The van der Waals surface area contributed by atoms with Crippen LogP contribution in [-0.4, -0.2) is 25.3 Å². The van der Waals surface area contributed by atoms with Crippen LogP contribution in [0.25, 0.3) is 0 Å². The van der Waals surface area contributed by atoms with Crippen LogP contribution in [0.15, 0.2) is 60.7 Å². The monoisotopic (exact) mass is 742 g/mol. The van der Waals surface area contributed by atoms with Gasteiger partial charge in [0.05, 0.1) is 5.56 Å². The molecule has 0 amide bonds. The zero-order chi connectivity index (χ0) is 21.9. The van der Waals surface area contributed by atoms with Crippen molar-refractivity contribution in [3.63, 3.8) is 0 Å². The Morgan fingerprint density at radius 3 is 1.83 bits per heavy atom. The van der Waals surface area contributed by atoms with Crippen LogP contribution < -0.4 is 4.74 Å². The van der Waals surface area contributed by atoms with Crippen molar-refractivity contribution in [3.05, 3.63) is 88.1 Å². The van der Waals surface area contributed by atoms with Crippen molar-refractivity contribution >= 4 is 73.7 Å². The second-order valence-corrected chi connectivity index (χ2v) is 9.61. The first-order chi connectivity index (χ1) is 14.3. The molecule has 0 aromatic heterocycles. The van der Waals surface area contributed by atoms with Gasteiger partial charge >= 0.3 is 5.97 Å². The Morgan fingerprint density at radius 2 is 1.30 bits per heavy atom. The van der Waals surface area contributed by atoms with Crippen molar-refractivity contribution in [2.45, 2.75) is 5.79 Å². The number of phenolic OH excluding ortho intramolecular Hbond substituents is 1. The number of hydrogen-bond acceptors (Lipinski definition) is 5. The van der Waals surface area contributed by atoms with E-state index in [9.17, 15) is 9.90 Å². The summed E-state index contributed by atoms with van der Waals surface area (Å²) in [6.45, 7) is 0. The van der Waals surface area contributed by atoms with E-state index >= 15 is 0 Å². The molecule has 0 unspecified atom stereocenters. The number of carbonyl (C=O) groups is 1. The lowest BCUT2D eigenvalue weighted by Gasteiger charge is -2.32. The number of ether oxygens (including phenoxy) is 3. The first-order valence-electron chi connectivity index (χ1n) is 8.68. The fourth-order valence-electron chi connectivity index (χ4n) is 3.02. The summed E-state index contributed by atoms with van der Waals surface area (Å²) in [6.07, 6.45) is 0. The van der Waals surface area contributed by atoms with Gasteiger partial charge in [-0.3, -0.25) is 0 Å². The van der Waals surface area contributed by atoms with Gasteiger partial charge in [0.25, 0.3) is 0 Å². The third kappa shape index (κ3) is 4.76. The second-order valence-electron chi connectivity index (χ2n) is 6.20. The molecule has 5 nitrogen and oxygen atoms in total. The summed E-state index contributed by atoms with van der Waals surface area (Å²) >= 11 is 6.49. The van der Waals surface area contributed by atoms with Crippen molar-refractivity contribution in [2.75, 3.05) is 14.2 Å². The molecule has 8 heteroatoms. The molecule has 156 valence electrons. The maximum absolute atomic E-state index is 12.7. The quantitative estimate of drug-likeness (QED) is 0.112. The number of rotatable bonds is 6. The van der Waals surface area contributed by atoms with Gasteiger partial charge < -0.3 is 19.3 Å². The standard InChI is InChI=1S/C22H17I3O5/c1-28-22(29-2,13-3-7-15(26)8-4-13)14-5-9-16(10-6-14)30-21(27)19-17(23)11-12-18(24)20(19)25/h3-12,26H,1-2H3. The average molecular weight is 742 g/mol. The van der Waals surface area contributed by atoms with E-state index < -0.39 is 11.8 Å². The van der Waals surface area contributed by atoms with Gasteiger partial charge in [0.15, 0.2) is 0 Å². The summed E-state index contributed by atoms with van der Waals surface area (Å²) in [5.41, 5.74) is 1.99. The number of halogens is 3. The number of esters is 1. The molecule has 0 radical (unpaired) electrons.